The number of rotatable bonds is 4. The number of amides is 2. The van der Waals surface area contributed by atoms with Gasteiger partial charge in [-0.15, -0.1) is 0 Å². The van der Waals surface area contributed by atoms with Crippen molar-refractivity contribution in [2.75, 3.05) is 50.7 Å². The molecule has 1 atom stereocenters. The summed E-state index contributed by atoms with van der Waals surface area (Å²) >= 11 is 6.36. The van der Waals surface area contributed by atoms with Gasteiger partial charge in [-0.25, -0.2) is 4.79 Å². The molecule has 2 amide bonds. The van der Waals surface area contributed by atoms with Gasteiger partial charge in [0.05, 0.1) is 0 Å². The summed E-state index contributed by atoms with van der Waals surface area (Å²) in [7, 11) is 0. The number of benzene rings is 1. The molecule has 0 aromatic heterocycles. The minimum atomic E-state index is -4.57. The van der Waals surface area contributed by atoms with E-state index >= 15 is 0 Å². The monoisotopic (exact) mass is 530 g/mol. The highest BCUT2D eigenvalue weighted by molar-refractivity contribution is 6.30. The second-order valence-electron chi connectivity index (χ2n) is 10.1. The second kappa shape index (κ2) is 10.7. The van der Waals surface area contributed by atoms with E-state index in [1.165, 1.54) is 4.90 Å². The lowest BCUT2D eigenvalue weighted by molar-refractivity contribution is -0.200. The molecule has 0 bridgehead atoms. The third-order valence-electron chi connectivity index (χ3n) is 7.91. The van der Waals surface area contributed by atoms with Crippen LogP contribution in [0.15, 0.2) is 18.2 Å². The standard InChI is InChI=1S/C25H34ClF3N4O3/c1-18(25(27,28)29)36-23(35)32-10-7-24(8-11-32)6-3-9-33(24)17-20-4-5-21(26)16-22(20)31-14-12-30(13-15-31)19(2)34/h4-5,16,18H,3,6-15,17H2,1-2H3. The maximum absolute atomic E-state index is 12.8. The van der Waals surface area contributed by atoms with E-state index in [1.807, 2.05) is 17.0 Å². The lowest BCUT2D eigenvalue weighted by Gasteiger charge is -2.45. The predicted octanol–water partition coefficient (Wildman–Crippen LogP) is 4.53. The van der Waals surface area contributed by atoms with Crippen molar-refractivity contribution in [2.45, 2.75) is 63.9 Å². The van der Waals surface area contributed by atoms with Gasteiger partial charge in [0.2, 0.25) is 5.91 Å². The number of anilines is 1. The van der Waals surface area contributed by atoms with Gasteiger partial charge in [-0.2, -0.15) is 13.2 Å². The first-order chi connectivity index (χ1) is 17.0. The maximum Gasteiger partial charge on any atom is 0.425 e. The topological polar surface area (TPSA) is 56.3 Å². The molecule has 0 saturated carbocycles. The first-order valence-corrected chi connectivity index (χ1v) is 12.9. The first-order valence-electron chi connectivity index (χ1n) is 12.5. The number of ether oxygens (including phenoxy) is 1. The molecule has 0 radical (unpaired) electrons. The fourth-order valence-electron chi connectivity index (χ4n) is 5.64. The van der Waals surface area contributed by atoms with Gasteiger partial charge >= 0.3 is 12.3 Å². The fourth-order valence-corrected chi connectivity index (χ4v) is 5.80. The molecule has 1 spiro atoms. The Bertz CT molecular complexity index is 960. The molecule has 11 heteroatoms. The number of halogens is 4. The number of piperazine rings is 1. The molecule has 36 heavy (non-hydrogen) atoms. The van der Waals surface area contributed by atoms with Crippen molar-refractivity contribution in [1.82, 2.24) is 14.7 Å². The first kappa shape index (κ1) is 26.9. The van der Waals surface area contributed by atoms with Crippen LogP contribution in [0.25, 0.3) is 0 Å². The summed E-state index contributed by atoms with van der Waals surface area (Å²) in [5.74, 6) is 0.0862. The minimum absolute atomic E-state index is 0.0862. The molecule has 4 rings (SSSR count). The highest BCUT2D eigenvalue weighted by Gasteiger charge is 2.45. The molecular formula is C25H34ClF3N4O3. The molecule has 3 aliphatic heterocycles. The summed E-state index contributed by atoms with van der Waals surface area (Å²) in [5, 5.41) is 0.666. The van der Waals surface area contributed by atoms with Gasteiger partial charge in [-0.05, 0) is 56.8 Å². The Labute approximate surface area is 215 Å². The zero-order valence-electron chi connectivity index (χ0n) is 20.8. The Hall–Kier alpha value is -2.20. The Morgan fingerprint density at radius 1 is 1.03 bits per heavy atom. The Morgan fingerprint density at radius 2 is 1.69 bits per heavy atom. The predicted molar refractivity (Wildman–Crippen MR) is 131 cm³/mol. The van der Waals surface area contributed by atoms with Crippen LogP contribution in [0.4, 0.5) is 23.7 Å². The molecule has 3 heterocycles. The summed E-state index contributed by atoms with van der Waals surface area (Å²) < 4.78 is 43.0. The van der Waals surface area contributed by atoms with Crippen LogP contribution in [0.1, 0.15) is 45.1 Å². The molecule has 7 nitrogen and oxygen atoms in total. The summed E-state index contributed by atoms with van der Waals surface area (Å²) in [6, 6.07) is 5.95. The smallest absolute Gasteiger partial charge is 0.425 e. The van der Waals surface area contributed by atoms with Crippen LogP contribution in [0, 0.1) is 0 Å². The summed E-state index contributed by atoms with van der Waals surface area (Å²) in [6.45, 7) is 7.69. The lowest BCUT2D eigenvalue weighted by atomic mass is 9.84. The molecule has 3 fully saturated rings. The summed E-state index contributed by atoms with van der Waals surface area (Å²) in [5.41, 5.74) is 2.16. The van der Waals surface area contributed by atoms with Crippen LogP contribution < -0.4 is 4.90 Å². The van der Waals surface area contributed by atoms with E-state index < -0.39 is 18.4 Å². The number of carbonyl (C=O) groups is 2. The van der Waals surface area contributed by atoms with E-state index in [0.717, 1.165) is 57.2 Å². The highest BCUT2D eigenvalue weighted by Crippen LogP contribution is 2.41. The molecule has 1 aromatic carbocycles. The van der Waals surface area contributed by atoms with E-state index in [1.54, 1.807) is 6.92 Å². The van der Waals surface area contributed by atoms with Gasteiger partial charge in [0, 0.05) is 69.0 Å². The molecule has 1 aromatic rings. The fraction of sp³-hybridized carbons (Fsp3) is 0.680. The van der Waals surface area contributed by atoms with E-state index in [2.05, 4.69) is 20.6 Å². The van der Waals surface area contributed by atoms with E-state index in [4.69, 9.17) is 11.6 Å². The summed E-state index contributed by atoms with van der Waals surface area (Å²) in [4.78, 5) is 32.0. The molecule has 0 aliphatic carbocycles. The molecule has 1 unspecified atom stereocenters. The maximum atomic E-state index is 12.8. The molecular weight excluding hydrogens is 497 g/mol. The molecule has 3 saturated heterocycles. The van der Waals surface area contributed by atoms with Gasteiger partial charge in [-0.1, -0.05) is 17.7 Å². The van der Waals surface area contributed by atoms with Crippen LogP contribution in [-0.4, -0.2) is 90.3 Å². The van der Waals surface area contributed by atoms with Crippen LogP contribution >= 0.6 is 11.6 Å². The van der Waals surface area contributed by atoms with Crippen molar-refractivity contribution in [3.05, 3.63) is 28.8 Å². The number of alkyl halides is 3. The zero-order chi connectivity index (χ0) is 26.1. The van der Waals surface area contributed by atoms with Crippen molar-refractivity contribution in [2.24, 2.45) is 0 Å². The molecule has 3 aliphatic rings. The van der Waals surface area contributed by atoms with E-state index in [9.17, 15) is 22.8 Å². The minimum Gasteiger partial charge on any atom is -0.437 e. The third-order valence-corrected chi connectivity index (χ3v) is 8.14. The van der Waals surface area contributed by atoms with Gasteiger partial charge in [0.15, 0.2) is 6.10 Å². The second-order valence-corrected chi connectivity index (χ2v) is 10.5. The number of likely N-dealkylation sites (tertiary alicyclic amines) is 2. The number of carbonyl (C=O) groups excluding carboxylic acids is 2. The van der Waals surface area contributed by atoms with Gasteiger partial charge in [0.1, 0.15) is 0 Å². The van der Waals surface area contributed by atoms with Crippen molar-refractivity contribution in [3.8, 4) is 0 Å². The number of hydrogen-bond donors (Lipinski definition) is 0. The highest BCUT2D eigenvalue weighted by atomic mass is 35.5. The Balaban J connectivity index is 1.41. The normalized spacial score (nSPS) is 21.7. The largest absolute Gasteiger partial charge is 0.437 e. The van der Waals surface area contributed by atoms with E-state index in [0.29, 0.717) is 44.0 Å². The van der Waals surface area contributed by atoms with Crippen LogP contribution in [-0.2, 0) is 16.1 Å². The van der Waals surface area contributed by atoms with Crippen molar-refractivity contribution < 1.29 is 27.5 Å². The average Bonchev–Trinajstić information content (AvgIpc) is 3.21. The van der Waals surface area contributed by atoms with Gasteiger partial charge in [0.25, 0.3) is 0 Å². The average molecular weight is 531 g/mol. The lowest BCUT2D eigenvalue weighted by Crippen LogP contribution is -2.53. The Kier molecular flexibility index (Phi) is 7.95. The molecule has 0 N–H and O–H groups in total. The number of piperidine rings is 1. The van der Waals surface area contributed by atoms with Crippen molar-refractivity contribution >= 4 is 29.3 Å². The van der Waals surface area contributed by atoms with Crippen LogP contribution in [0.2, 0.25) is 5.02 Å². The van der Waals surface area contributed by atoms with Crippen LogP contribution in [0.3, 0.4) is 0 Å². The quantitative estimate of drug-likeness (QED) is 0.573. The van der Waals surface area contributed by atoms with Gasteiger partial charge in [-0.3, -0.25) is 9.69 Å². The third kappa shape index (κ3) is 5.85. The zero-order valence-corrected chi connectivity index (χ0v) is 21.6. The number of hydrogen-bond acceptors (Lipinski definition) is 5. The SMILES string of the molecule is CC(=O)N1CCN(c2cc(Cl)ccc2CN2CCCC23CCN(C(=O)OC(C)C(F)(F)F)CC3)CC1. The van der Waals surface area contributed by atoms with E-state index in [-0.39, 0.29) is 11.4 Å². The Morgan fingerprint density at radius 3 is 2.31 bits per heavy atom. The molecule has 200 valence electrons. The van der Waals surface area contributed by atoms with Crippen LogP contribution in [0.5, 0.6) is 0 Å². The van der Waals surface area contributed by atoms with Crippen molar-refractivity contribution in [3.63, 3.8) is 0 Å². The number of nitrogens with zero attached hydrogens (tertiary/aromatic N) is 4. The summed E-state index contributed by atoms with van der Waals surface area (Å²) in [6.07, 6.45) is -4.16. The van der Waals surface area contributed by atoms with Crippen molar-refractivity contribution in [1.29, 1.82) is 0 Å². The van der Waals surface area contributed by atoms with Gasteiger partial charge < -0.3 is 19.4 Å².